The van der Waals surface area contributed by atoms with E-state index in [2.05, 4.69) is 0 Å². The van der Waals surface area contributed by atoms with Crippen molar-refractivity contribution >= 4 is 17.6 Å². The molecule has 9 heteroatoms. The number of Topliss-reactive ketones (excluding diaryl/α,β-unsaturated/α-hetero) is 1. The molecule has 3 N–H and O–H groups in total. The first kappa shape index (κ1) is 20.6. The lowest BCUT2D eigenvalue weighted by atomic mass is 10.1. The van der Waals surface area contributed by atoms with Gasteiger partial charge < -0.3 is 15.2 Å². The van der Waals surface area contributed by atoms with Crippen LogP contribution < -0.4 is 21.7 Å². The number of aromatic nitrogens is 2. The van der Waals surface area contributed by atoms with Crippen LogP contribution in [0, 0.1) is 0 Å². The van der Waals surface area contributed by atoms with E-state index in [1.54, 1.807) is 24.3 Å². The Bertz CT molecular complexity index is 1180. The Hall–Kier alpha value is -4.14. The normalized spacial score (nSPS) is 10.4. The molecule has 30 heavy (non-hydrogen) atoms. The molecule has 0 aliphatic carbocycles. The van der Waals surface area contributed by atoms with Crippen molar-refractivity contribution in [3.05, 3.63) is 92.1 Å². The summed E-state index contributed by atoms with van der Waals surface area (Å²) in [6.45, 7) is -0.365. The van der Waals surface area contributed by atoms with Crippen LogP contribution in [0.25, 0.3) is 0 Å². The smallest absolute Gasteiger partial charge is 0.338 e. The lowest BCUT2D eigenvalue weighted by Gasteiger charge is -2.09. The van der Waals surface area contributed by atoms with Crippen LogP contribution in [-0.2, 0) is 18.4 Å². The molecule has 1 heterocycles. The van der Waals surface area contributed by atoms with Gasteiger partial charge in [-0.25, -0.2) is 9.59 Å². The Morgan fingerprint density at radius 1 is 1.03 bits per heavy atom. The molecule has 1 aromatic heterocycles. The van der Waals surface area contributed by atoms with Gasteiger partial charge in [-0.15, -0.1) is 0 Å². The van der Waals surface area contributed by atoms with Gasteiger partial charge in [-0.1, -0.05) is 30.3 Å². The van der Waals surface area contributed by atoms with Crippen LogP contribution >= 0.6 is 0 Å². The molecule has 9 nitrogen and oxygen atoms in total. The van der Waals surface area contributed by atoms with Crippen molar-refractivity contribution in [3.63, 3.8) is 0 Å². The number of hydrogen-bond acceptors (Lipinski definition) is 7. The molecule has 0 aliphatic heterocycles. The Morgan fingerprint density at radius 2 is 1.70 bits per heavy atom. The number of nitrogens with two attached hydrogens (primary N) is 1. The van der Waals surface area contributed by atoms with E-state index in [1.165, 1.54) is 7.05 Å². The van der Waals surface area contributed by atoms with Gasteiger partial charge in [-0.3, -0.25) is 19.1 Å². The molecule has 0 saturated heterocycles. The number of para-hydroxylation sites is 1. The van der Waals surface area contributed by atoms with Gasteiger partial charge in [0.1, 0.15) is 23.7 Å². The fraction of sp³-hybridized carbons (Fsp3) is 0.143. The number of nitrogens with one attached hydrogen (secondary N) is 1. The highest BCUT2D eigenvalue weighted by atomic mass is 16.5. The molecule has 0 aliphatic rings. The third kappa shape index (κ3) is 4.64. The van der Waals surface area contributed by atoms with Crippen molar-refractivity contribution in [2.45, 2.75) is 6.61 Å². The van der Waals surface area contributed by atoms with Gasteiger partial charge in [0.25, 0.3) is 5.56 Å². The average Bonchev–Trinajstić information content (AvgIpc) is 2.75. The second-order valence-electron chi connectivity index (χ2n) is 6.38. The fourth-order valence-electron chi connectivity index (χ4n) is 2.61. The third-order valence-corrected chi connectivity index (χ3v) is 4.32. The second kappa shape index (κ2) is 8.91. The summed E-state index contributed by atoms with van der Waals surface area (Å²) in [7, 11) is 1.31. The van der Waals surface area contributed by atoms with Gasteiger partial charge in [0.15, 0.2) is 6.61 Å². The summed E-state index contributed by atoms with van der Waals surface area (Å²) in [5, 5.41) is 0. The summed E-state index contributed by atoms with van der Waals surface area (Å²) in [4.78, 5) is 49.7. The quantitative estimate of drug-likeness (QED) is 0.443. The first-order valence-corrected chi connectivity index (χ1v) is 8.92. The van der Waals surface area contributed by atoms with E-state index in [-0.39, 0.29) is 11.4 Å². The minimum Gasteiger partial charge on any atom is -0.489 e. The first-order valence-electron chi connectivity index (χ1n) is 8.92. The van der Waals surface area contributed by atoms with E-state index in [0.717, 1.165) is 15.9 Å². The number of anilines is 1. The number of ketones is 1. The maximum atomic E-state index is 12.3. The van der Waals surface area contributed by atoms with Crippen molar-refractivity contribution in [1.29, 1.82) is 0 Å². The number of carbonyl (C=O) groups is 2. The molecule has 0 atom stereocenters. The number of hydrogen-bond donors (Lipinski definition) is 2. The number of benzene rings is 2. The fourth-order valence-corrected chi connectivity index (χ4v) is 2.61. The van der Waals surface area contributed by atoms with Gasteiger partial charge >= 0.3 is 11.7 Å². The van der Waals surface area contributed by atoms with E-state index in [4.69, 9.17) is 15.2 Å². The zero-order chi connectivity index (χ0) is 21.7. The molecule has 0 amide bonds. The van der Waals surface area contributed by atoms with Gasteiger partial charge in [-0.05, 0) is 29.8 Å². The predicted octanol–water partition coefficient (Wildman–Crippen LogP) is 1.27. The topological polar surface area (TPSA) is 133 Å². The Balaban J connectivity index is 1.60. The summed E-state index contributed by atoms with van der Waals surface area (Å²) in [5.74, 6) is -1.12. The van der Waals surface area contributed by atoms with Crippen LogP contribution in [0.1, 0.15) is 26.3 Å². The van der Waals surface area contributed by atoms with Gasteiger partial charge in [0.05, 0.1) is 5.56 Å². The molecular weight excluding hydrogens is 390 g/mol. The summed E-state index contributed by atoms with van der Waals surface area (Å²) < 4.78 is 11.5. The Kier molecular flexibility index (Phi) is 6.11. The second-order valence-corrected chi connectivity index (χ2v) is 6.38. The van der Waals surface area contributed by atoms with Crippen molar-refractivity contribution in [2.24, 2.45) is 7.05 Å². The third-order valence-electron chi connectivity index (χ3n) is 4.32. The van der Waals surface area contributed by atoms with E-state index in [9.17, 15) is 19.2 Å². The number of aromatic amines is 1. The molecule has 0 unspecified atom stereocenters. The van der Waals surface area contributed by atoms with Crippen molar-refractivity contribution < 1.29 is 19.1 Å². The number of nitrogens with zero attached hydrogens (tertiary/aromatic N) is 1. The number of rotatable bonds is 7. The Labute approximate surface area is 170 Å². The SMILES string of the molecule is Cn1c(N)c(C(=O)COC(=O)c2ccc(COc3ccccc3)cc2)c(=O)[nH]c1=O. The monoisotopic (exact) mass is 409 g/mol. The minimum absolute atomic E-state index is 0.230. The van der Waals surface area contributed by atoms with Crippen LogP contribution in [0.2, 0.25) is 0 Å². The highest BCUT2D eigenvalue weighted by Gasteiger charge is 2.20. The van der Waals surface area contributed by atoms with E-state index >= 15 is 0 Å². The van der Waals surface area contributed by atoms with Crippen molar-refractivity contribution in [2.75, 3.05) is 12.3 Å². The number of ether oxygens (including phenoxy) is 2. The lowest BCUT2D eigenvalue weighted by molar-refractivity contribution is 0.0474. The summed E-state index contributed by atoms with van der Waals surface area (Å²) >= 11 is 0. The van der Waals surface area contributed by atoms with Gasteiger partial charge in [0, 0.05) is 7.05 Å². The zero-order valence-electron chi connectivity index (χ0n) is 16.1. The number of esters is 1. The first-order chi connectivity index (χ1) is 14.4. The molecule has 0 saturated carbocycles. The summed E-state index contributed by atoms with van der Waals surface area (Å²) in [6, 6.07) is 15.8. The van der Waals surface area contributed by atoms with E-state index in [0.29, 0.717) is 6.61 Å². The van der Waals surface area contributed by atoms with Crippen molar-refractivity contribution in [1.82, 2.24) is 9.55 Å². The van der Waals surface area contributed by atoms with Crippen LogP contribution in [0.15, 0.2) is 64.2 Å². The van der Waals surface area contributed by atoms with Crippen LogP contribution in [0.4, 0.5) is 5.82 Å². The highest BCUT2D eigenvalue weighted by Crippen LogP contribution is 2.13. The minimum atomic E-state index is -0.931. The molecule has 0 bridgehead atoms. The molecule has 154 valence electrons. The summed E-state index contributed by atoms with van der Waals surface area (Å²) in [6.07, 6.45) is 0. The molecular formula is C21H19N3O6. The van der Waals surface area contributed by atoms with Gasteiger partial charge in [0.2, 0.25) is 5.78 Å². The van der Waals surface area contributed by atoms with Crippen LogP contribution in [0.3, 0.4) is 0 Å². The molecule has 0 fully saturated rings. The van der Waals surface area contributed by atoms with E-state index in [1.807, 2.05) is 35.3 Å². The molecule has 0 radical (unpaired) electrons. The number of carbonyl (C=O) groups excluding carboxylic acids is 2. The van der Waals surface area contributed by atoms with Crippen LogP contribution in [0.5, 0.6) is 5.75 Å². The standard InChI is InChI=1S/C21H19N3O6/c1-24-18(22)17(19(26)23-21(24)28)16(25)12-30-20(27)14-9-7-13(8-10-14)11-29-15-5-3-2-4-6-15/h2-10H,11-12,22H2,1H3,(H,23,26,28). The largest absolute Gasteiger partial charge is 0.489 e. The zero-order valence-corrected chi connectivity index (χ0v) is 16.1. The molecule has 2 aromatic carbocycles. The average molecular weight is 409 g/mol. The van der Waals surface area contributed by atoms with Gasteiger partial charge in [-0.2, -0.15) is 0 Å². The van der Waals surface area contributed by atoms with Crippen molar-refractivity contribution in [3.8, 4) is 5.75 Å². The van der Waals surface area contributed by atoms with Crippen LogP contribution in [-0.4, -0.2) is 27.9 Å². The number of nitrogen functional groups attached to an aromatic ring is 1. The lowest BCUT2D eigenvalue weighted by Crippen LogP contribution is -2.35. The molecule has 0 spiro atoms. The maximum absolute atomic E-state index is 12.3. The molecule has 3 rings (SSSR count). The summed E-state index contributed by atoms with van der Waals surface area (Å²) in [5.41, 5.74) is 4.62. The maximum Gasteiger partial charge on any atom is 0.338 e. The molecule has 3 aromatic rings. The predicted molar refractivity (Wildman–Crippen MR) is 109 cm³/mol. The highest BCUT2D eigenvalue weighted by molar-refractivity contribution is 6.02. The van der Waals surface area contributed by atoms with E-state index < -0.39 is 35.2 Å². The Morgan fingerprint density at radius 3 is 2.37 bits per heavy atom. The number of H-pyrrole nitrogens is 1.